The number of benzene rings is 2. The van der Waals surface area contributed by atoms with Crippen LogP contribution < -0.4 is 5.32 Å². The van der Waals surface area contributed by atoms with Gasteiger partial charge in [-0.3, -0.25) is 0 Å². The summed E-state index contributed by atoms with van der Waals surface area (Å²) in [7, 11) is 0. The van der Waals surface area contributed by atoms with E-state index in [2.05, 4.69) is 73.8 Å². The molecule has 1 N–H and O–H groups in total. The van der Waals surface area contributed by atoms with Gasteiger partial charge in [-0.15, -0.1) is 0 Å². The highest BCUT2D eigenvalue weighted by Gasteiger charge is 2.29. The van der Waals surface area contributed by atoms with Crippen molar-refractivity contribution in [1.29, 1.82) is 0 Å². The third-order valence-electron chi connectivity index (χ3n) is 4.48. The molecule has 0 aromatic heterocycles. The Kier molecular flexibility index (Phi) is 3.39. The van der Waals surface area contributed by atoms with Gasteiger partial charge in [0.2, 0.25) is 0 Å². The van der Waals surface area contributed by atoms with Gasteiger partial charge in [0.1, 0.15) is 0 Å². The summed E-state index contributed by atoms with van der Waals surface area (Å²) in [5, 5.41) is 3.65. The summed E-state index contributed by atoms with van der Waals surface area (Å²) in [5.41, 5.74) is 4.35. The predicted octanol–water partition coefficient (Wildman–Crippen LogP) is 3.95. The van der Waals surface area contributed by atoms with Crippen molar-refractivity contribution in [1.82, 2.24) is 5.32 Å². The molecule has 1 nitrogen and oxygen atoms in total. The summed E-state index contributed by atoms with van der Waals surface area (Å²) in [6, 6.07) is 20.3. The van der Waals surface area contributed by atoms with E-state index < -0.39 is 0 Å². The van der Waals surface area contributed by atoms with Gasteiger partial charge in [-0.05, 0) is 29.5 Å². The highest BCUT2D eigenvalue weighted by molar-refractivity contribution is 5.40. The van der Waals surface area contributed by atoms with Crippen LogP contribution in [0.5, 0.6) is 0 Å². The second-order valence-corrected chi connectivity index (χ2v) is 5.62. The van der Waals surface area contributed by atoms with E-state index in [4.69, 9.17) is 0 Å². The maximum Gasteiger partial charge on any atom is 0.0211 e. The Morgan fingerprint density at radius 1 is 0.895 bits per heavy atom. The average Bonchev–Trinajstić information content (AvgIpc) is 2.58. The van der Waals surface area contributed by atoms with E-state index in [1.807, 2.05) is 0 Å². The fraction of sp³-hybridized carbons (Fsp3) is 0.333. The molecule has 1 heterocycles. The van der Waals surface area contributed by atoms with E-state index in [9.17, 15) is 0 Å². The van der Waals surface area contributed by atoms with E-state index in [0.29, 0.717) is 17.9 Å². The van der Waals surface area contributed by atoms with Gasteiger partial charge in [-0.1, -0.05) is 61.5 Å². The van der Waals surface area contributed by atoms with Gasteiger partial charge in [0.15, 0.2) is 0 Å². The molecule has 98 valence electrons. The average molecular weight is 251 g/mol. The van der Waals surface area contributed by atoms with E-state index in [-0.39, 0.29) is 0 Å². The van der Waals surface area contributed by atoms with Crippen LogP contribution in [0.1, 0.15) is 36.5 Å². The van der Waals surface area contributed by atoms with Crippen molar-refractivity contribution in [2.45, 2.75) is 32.4 Å². The minimum Gasteiger partial charge on any atom is -0.310 e. The fourth-order valence-electron chi connectivity index (χ4n) is 3.17. The number of hydrogen-bond acceptors (Lipinski definition) is 1. The van der Waals surface area contributed by atoms with E-state index >= 15 is 0 Å². The lowest BCUT2D eigenvalue weighted by Crippen LogP contribution is -2.32. The van der Waals surface area contributed by atoms with Crippen molar-refractivity contribution in [3.8, 4) is 0 Å². The van der Waals surface area contributed by atoms with Crippen molar-refractivity contribution >= 4 is 0 Å². The molecule has 1 aliphatic heterocycles. The first kappa shape index (κ1) is 12.4. The van der Waals surface area contributed by atoms with Gasteiger partial charge in [0.25, 0.3) is 0 Å². The molecule has 3 rings (SSSR count). The van der Waals surface area contributed by atoms with Crippen LogP contribution in [0.25, 0.3) is 0 Å². The number of nitrogens with one attached hydrogen (secondary N) is 1. The summed E-state index contributed by atoms with van der Waals surface area (Å²) in [6.45, 7) is 5.63. The first-order valence-corrected chi connectivity index (χ1v) is 7.13. The Balaban J connectivity index is 2.13. The summed E-state index contributed by atoms with van der Waals surface area (Å²) >= 11 is 0. The molecule has 0 saturated carbocycles. The Hall–Kier alpha value is -1.60. The van der Waals surface area contributed by atoms with E-state index in [1.54, 1.807) is 0 Å². The molecule has 0 saturated heterocycles. The summed E-state index contributed by atoms with van der Waals surface area (Å²) in [5.74, 6) is 1.08. The monoisotopic (exact) mass is 251 g/mol. The van der Waals surface area contributed by atoms with E-state index in [0.717, 1.165) is 6.54 Å². The number of fused-ring (bicyclic) bond motifs is 1. The molecule has 2 aromatic carbocycles. The van der Waals surface area contributed by atoms with Gasteiger partial charge in [-0.2, -0.15) is 0 Å². The standard InChI is InChI=1S/C18H21N/c1-13-14(2)19-12-16-10-6-7-11-17(16)18(13)15-8-4-3-5-9-15/h3-11,13-14,18-19H,12H2,1-2H3. The molecule has 0 aliphatic carbocycles. The first-order chi connectivity index (χ1) is 9.27. The molecule has 0 bridgehead atoms. The maximum atomic E-state index is 3.65. The minimum atomic E-state index is 0.488. The lowest BCUT2D eigenvalue weighted by atomic mass is 9.78. The van der Waals surface area contributed by atoms with Crippen LogP contribution in [0.3, 0.4) is 0 Å². The molecule has 1 heteroatoms. The number of rotatable bonds is 1. The normalized spacial score (nSPS) is 26.5. The zero-order valence-corrected chi connectivity index (χ0v) is 11.6. The highest BCUT2D eigenvalue weighted by Crippen LogP contribution is 2.37. The quantitative estimate of drug-likeness (QED) is 0.809. The second kappa shape index (κ2) is 5.18. The second-order valence-electron chi connectivity index (χ2n) is 5.62. The third kappa shape index (κ3) is 2.31. The molecule has 1 aliphatic rings. The zero-order chi connectivity index (χ0) is 13.2. The van der Waals surface area contributed by atoms with Crippen LogP contribution in [-0.4, -0.2) is 6.04 Å². The topological polar surface area (TPSA) is 12.0 Å². The van der Waals surface area contributed by atoms with Crippen molar-refractivity contribution < 1.29 is 0 Å². The summed E-state index contributed by atoms with van der Waals surface area (Å²) < 4.78 is 0. The summed E-state index contributed by atoms with van der Waals surface area (Å²) in [4.78, 5) is 0. The van der Waals surface area contributed by atoms with Gasteiger partial charge in [0.05, 0.1) is 0 Å². The van der Waals surface area contributed by atoms with E-state index in [1.165, 1.54) is 16.7 Å². The smallest absolute Gasteiger partial charge is 0.0211 e. The van der Waals surface area contributed by atoms with Crippen molar-refractivity contribution in [2.24, 2.45) is 5.92 Å². The SMILES string of the molecule is CC1NCc2ccccc2C(c2ccccc2)C1C. The zero-order valence-electron chi connectivity index (χ0n) is 11.6. The van der Waals surface area contributed by atoms with Crippen LogP contribution in [0, 0.1) is 5.92 Å². The van der Waals surface area contributed by atoms with Gasteiger partial charge in [0, 0.05) is 18.5 Å². The van der Waals surface area contributed by atoms with Crippen LogP contribution in [0.2, 0.25) is 0 Å². The Morgan fingerprint density at radius 2 is 1.58 bits per heavy atom. The van der Waals surface area contributed by atoms with Gasteiger partial charge in [-0.25, -0.2) is 0 Å². The molecule has 0 fully saturated rings. The molecule has 0 amide bonds. The molecule has 3 unspecified atom stereocenters. The first-order valence-electron chi connectivity index (χ1n) is 7.13. The molecule has 0 spiro atoms. The molecule has 2 aromatic rings. The number of hydrogen-bond donors (Lipinski definition) is 1. The lowest BCUT2D eigenvalue weighted by Gasteiger charge is -2.27. The van der Waals surface area contributed by atoms with Crippen LogP contribution in [0.15, 0.2) is 54.6 Å². The van der Waals surface area contributed by atoms with Crippen LogP contribution in [-0.2, 0) is 6.54 Å². The molecular formula is C18H21N. The molecular weight excluding hydrogens is 230 g/mol. The van der Waals surface area contributed by atoms with Crippen molar-refractivity contribution in [3.05, 3.63) is 71.3 Å². The van der Waals surface area contributed by atoms with Crippen molar-refractivity contribution in [3.63, 3.8) is 0 Å². The van der Waals surface area contributed by atoms with Crippen LogP contribution >= 0.6 is 0 Å². The Morgan fingerprint density at radius 3 is 2.37 bits per heavy atom. The third-order valence-corrected chi connectivity index (χ3v) is 4.48. The largest absolute Gasteiger partial charge is 0.310 e. The molecule has 0 radical (unpaired) electrons. The Bertz CT molecular complexity index is 547. The lowest BCUT2D eigenvalue weighted by molar-refractivity contribution is 0.382. The summed E-state index contributed by atoms with van der Waals surface area (Å²) in [6.07, 6.45) is 0. The maximum absolute atomic E-state index is 3.65. The van der Waals surface area contributed by atoms with Crippen molar-refractivity contribution in [2.75, 3.05) is 0 Å². The predicted molar refractivity (Wildman–Crippen MR) is 80.2 cm³/mol. The highest BCUT2D eigenvalue weighted by atomic mass is 14.9. The Labute approximate surface area is 115 Å². The molecule has 3 atom stereocenters. The van der Waals surface area contributed by atoms with Gasteiger partial charge >= 0.3 is 0 Å². The van der Waals surface area contributed by atoms with Gasteiger partial charge < -0.3 is 5.32 Å². The molecule has 19 heavy (non-hydrogen) atoms. The fourth-order valence-corrected chi connectivity index (χ4v) is 3.17. The minimum absolute atomic E-state index is 0.488. The van der Waals surface area contributed by atoms with Crippen LogP contribution in [0.4, 0.5) is 0 Å².